The van der Waals surface area contributed by atoms with Crippen molar-refractivity contribution in [1.82, 2.24) is 0 Å². The number of esters is 1. The molecule has 0 aliphatic carbocycles. The Kier molecular flexibility index (Phi) is 2.97. The second kappa shape index (κ2) is 4.22. The fraction of sp³-hybridized carbons (Fsp3) is 0.875. The standard InChI is InChI=1S/C8H12O6/c1-10-7(9)5-3-12-8(14-5)6-2-11-4-13-6/h5-6,8H,2-4H2,1H3. The molecule has 6 heteroatoms. The second-order valence-electron chi connectivity index (χ2n) is 3.04. The second-order valence-corrected chi connectivity index (χ2v) is 3.04. The van der Waals surface area contributed by atoms with E-state index in [2.05, 4.69) is 4.74 Å². The minimum atomic E-state index is -0.644. The lowest BCUT2D eigenvalue weighted by atomic mass is 10.4. The lowest BCUT2D eigenvalue weighted by Gasteiger charge is -2.14. The van der Waals surface area contributed by atoms with Crippen molar-refractivity contribution in [2.45, 2.75) is 18.5 Å². The Morgan fingerprint density at radius 3 is 2.86 bits per heavy atom. The molecule has 0 saturated carbocycles. The summed E-state index contributed by atoms with van der Waals surface area (Å²) in [6.07, 6.45) is -1.42. The first kappa shape index (κ1) is 9.85. The van der Waals surface area contributed by atoms with Crippen LogP contribution in [0.2, 0.25) is 0 Å². The Labute approximate surface area is 81.0 Å². The van der Waals surface area contributed by atoms with Crippen LogP contribution in [-0.4, -0.2) is 51.6 Å². The van der Waals surface area contributed by atoms with Gasteiger partial charge in [0.2, 0.25) is 0 Å². The van der Waals surface area contributed by atoms with E-state index in [9.17, 15) is 4.79 Å². The fourth-order valence-corrected chi connectivity index (χ4v) is 1.38. The molecule has 0 aromatic rings. The molecular weight excluding hydrogens is 192 g/mol. The number of methoxy groups -OCH3 is 1. The predicted molar refractivity (Wildman–Crippen MR) is 42.3 cm³/mol. The van der Waals surface area contributed by atoms with Crippen molar-refractivity contribution in [3.63, 3.8) is 0 Å². The topological polar surface area (TPSA) is 63.2 Å². The molecule has 2 aliphatic rings. The molecule has 0 radical (unpaired) electrons. The number of ether oxygens (including phenoxy) is 5. The van der Waals surface area contributed by atoms with Crippen LogP contribution >= 0.6 is 0 Å². The summed E-state index contributed by atoms with van der Waals surface area (Å²) in [4.78, 5) is 11.1. The average Bonchev–Trinajstić information content (AvgIpc) is 2.86. The van der Waals surface area contributed by atoms with Crippen LogP contribution in [0.1, 0.15) is 0 Å². The molecule has 2 heterocycles. The molecule has 2 aliphatic heterocycles. The van der Waals surface area contributed by atoms with Crippen LogP contribution in [0.25, 0.3) is 0 Å². The van der Waals surface area contributed by atoms with Gasteiger partial charge in [0, 0.05) is 0 Å². The summed E-state index contributed by atoms with van der Waals surface area (Å²) in [5, 5.41) is 0. The molecule has 0 amide bonds. The van der Waals surface area contributed by atoms with Gasteiger partial charge in [-0.05, 0) is 0 Å². The number of hydrogen-bond acceptors (Lipinski definition) is 6. The molecular formula is C8H12O6. The molecule has 3 unspecified atom stereocenters. The van der Waals surface area contributed by atoms with Crippen molar-refractivity contribution in [1.29, 1.82) is 0 Å². The molecule has 14 heavy (non-hydrogen) atoms. The molecule has 6 nitrogen and oxygen atoms in total. The molecule has 0 aromatic heterocycles. The predicted octanol–water partition coefficient (Wildman–Crippen LogP) is -0.726. The average molecular weight is 204 g/mol. The van der Waals surface area contributed by atoms with Crippen LogP contribution in [0.3, 0.4) is 0 Å². The Morgan fingerprint density at radius 1 is 1.36 bits per heavy atom. The van der Waals surface area contributed by atoms with Crippen molar-refractivity contribution >= 4 is 5.97 Å². The van der Waals surface area contributed by atoms with Crippen molar-refractivity contribution in [2.75, 3.05) is 27.1 Å². The van der Waals surface area contributed by atoms with Crippen molar-refractivity contribution in [3.8, 4) is 0 Å². The van der Waals surface area contributed by atoms with E-state index in [0.29, 0.717) is 6.61 Å². The lowest BCUT2D eigenvalue weighted by Crippen LogP contribution is -2.31. The summed E-state index contributed by atoms with van der Waals surface area (Å²) < 4.78 is 25.2. The zero-order valence-corrected chi connectivity index (χ0v) is 7.80. The fourth-order valence-electron chi connectivity index (χ4n) is 1.38. The third-order valence-corrected chi connectivity index (χ3v) is 2.13. The van der Waals surface area contributed by atoms with Gasteiger partial charge in [0.25, 0.3) is 0 Å². The van der Waals surface area contributed by atoms with E-state index in [-0.39, 0.29) is 19.5 Å². The van der Waals surface area contributed by atoms with Crippen LogP contribution < -0.4 is 0 Å². The molecule has 2 fully saturated rings. The highest BCUT2D eigenvalue weighted by Crippen LogP contribution is 2.20. The zero-order chi connectivity index (χ0) is 9.97. The van der Waals surface area contributed by atoms with Crippen molar-refractivity contribution in [3.05, 3.63) is 0 Å². The van der Waals surface area contributed by atoms with E-state index in [4.69, 9.17) is 18.9 Å². The maximum atomic E-state index is 11.1. The summed E-state index contributed by atoms with van der Waals surface area (Å²) in [5.41, 5.74) is 0. The van der Waals surface area contributed by atoms with Crippen LogP contribution in [0.5, 0.6) is 0 Å². The van der Waals surface area contributed by atoms with Crippen LogP contribution in [0, 0.1) is 0 Å². The van der Waals surface area contributed by atoms with Gasteiger partial charge in [0.15, 0.2) is 12.4 Å². The van der Waals surface area contributed by atoms with Gasteiger partial charge in [0.05, 0.1) is 20.3 Å². The third-order valence-electron chi connectivity index (χ3n) is 2.13. The quantitative estimate of drug-likeness (QED) is 0.553. The minimum Gasteiger partial charge on any atom is -0.467 e. The minimum absolute atomic E-state index is 0.206. The monoisotopic (exact) mass is 204 g/mol. The summed E-state index contributed by atoms with van der Waals surface area (Å²) in [6.45, 7) is 0.881. The largest absolute Gasteiger partial charge is 0.467 e. The van der Waals surface area contributed by atoms with Gasteiger partial charge >= 0.3 is 5.97 Å². The van der Waals surface area contributed by atoms with Crippen molar-refractivity contribution in [2.24, 2.45) is 0 Å². The van der Waals surface area contributed by atoms with Crippen molar-refractivity contribution < 1.29 is 28.5 Å². The third kappa shape index (κ3) is 1.88. The Balaban J connectivity index is 1.84. The summed E-state index contributed by atoms with van der Waals surface area (Å²) in [6, 6.07) is 0. The number of rotatable bonds is 2. The summed E-state index contributed by atoms with van der Waals surface area (Å²) >= 11 is 0. The van der Waals surface area contributed by atoms with Gasteiger partial charge in [-0.25, -0.2) is 4.79 Å². The van der Waals surface area contributed by atoms with Crippen LogP contribution in [-0.2, 0) is 28.5 Å². The van der Waals surface area contributed by atoms with Crippen LogP contribution in [0.15, 0.2) is 0 Å². The van der Waals surface area contributed by atoms with E-state index >= 15 is 0 Å². The maximum Gasteiger partial charge on any atom is 0.337 e. The first-order chi connectivity index (χ1) is 6.81. The number of carbonyl (C=O) groups excluding carboxylic acids is 1. The summed E-state index contributed by atoms with van der Waals surface area (Å²) in [5.74, 6) is -0.425. The molecule has 0 aromatic carbocycles. The Morgan fingerprint density at radius 2 is 2.21 bits per heavy atom. The normalized spacial score (nSPS) is 37.4. The maximum absolute atomic E-state index is 11.1. The Hall–Kier alpha value is -0.690. The highest BCUT2D eigenvalue weighted by atomic mass is 16.8. The van der Waals surface area contributed by atoms with E-state index in [1.54, 1.807) is 0 Å². The Bertz CT molecular complexity index is 212. The smallest absolute Gasteiger partial charge is 0.337 e. The van der Waals surface area contributed by atoms with Crippen LogP contribution in [0.4, 0.5) is 0 Å². The first-order valence-corrected chi connectivity index (χ1v) is 4.35. The number of carbonyl (C=O) groups is 1. The molecule has 0 bridgehead atoms. The highest BCUT2D eigenvalue weighted by molar-refractivity contribution is 5.74. The lowest BCUT2D eigenvalue weighted by molar-refractivity contribution is -0.162. The first-order valence-electron chi connectivity index (χ1n) is 4.35. The molecule has 2 saturated heterocycles. The van der Waals surface area contributed by atoms with E-state index in [1.807, 2.05) is 0 Å². The molecule has 3 atom stereocenters. The van der Waals surface area contributed by atoms with Gasteiger partial charge in [-0.3, -0.25) is 0 Å². The van der Waals surface area contributed by atoms with Gasteiger partial charge in [0.1, 0.15) is 12.9 Å². The van der Waals surface area contributed by atoms with E-state index in [0.717, 1.165) is 0 Å². The van der Waals surface area contributed by atoms with E-state index in [1.165, 1.54) is 7.11 Å². The van der Waals surface area contributed by atoms with E-state index < -0.39 is 18.4 Å². The van der Waals surface area contributed by atoms with Gasteiger partial charge in [-0.2, -0.15) is 0 Å². The highest BCUT2D eigenvalue weighted by Gasteiger charge is 2.39. The SMILES string of the molecule is COC(=O)C1COC(C2COCO2)O1. The zero-order valence-electron chi connectivity index (χ0n) is 7.80. The molecule has 80 valence electrons. The number of hydrogen-bond donors (Lipinski definition) is 0. The molecule has 0 spiro atoms. The van der Waals surface area contributed by atoms with Gasteiger partial charge in [-0.1, -0.05) is 0 Å². The molecule has 0 N–H and O–H groups in total. The summed E-state index contributed by atoms with van der Waals surface area (Å²) in [7, 11) is 1.31. The van der Waals surface area contributed by atoms with Gasteiger partial charge < -0.3 is 23.7 Å². The van der Waals surface area contributed by atoms with Gasteiger partial charge in [-0.15, -0.1) is 0 Å². The molecule has 2 rings (SSSR count).